The summed E-state index contributed by atoms with van der Waals surface area (Å²) in [7, 11) is -3.26. The van der Waals surface area contributed by atoms with E-state index >= 15 is 0 Å². The lowest BCUT2D eigenvalue weighted by atomic mass is 10.1. The zero-order valence-electron chi connectivity index (χ0n) is 12.3. The molecule has 0 bridgehead atoms. The highest BCUT2D eigenvalue weighted by molar-refractivity contribution is 7.91. The third-order valence-electron chi connectivity index (χ3n) is 3.29. The fraction of sp³-hybridized carbons (Fsp3) is 0.312. The first-order chi connectivity index (χ1) is 9.85. The summed E-state index contributed by atoms with van der Waals surface area (Å²) in [5.41, 5.74) is 2.29. The molecule has 1 aromatic heterocycles. The van der Waals surface area contributed by atoms with Crippen molar-refractivity contribution in [3.8, 4) is 11.3 Å². The standard InChI is InChI=1S/C16H18ClNO2S/c1-4-21(19,20)15-10-9-14(18-16(15)11(2)3)12-5-7-13(17)8-6-12/h5-11H,4H2,1-3H3. The summed E-state index contributed by atoms with van der Waals surface area (Å²) in [4.78, 5) is 4.90. The van der Waals surface area contributed by atoms with Gasteiger partial charge in [-0.15, -0.1) is 0 Å². The van der Waals surface area contributed by atoms with Crippen molar-refractivity contribution in [3.63, 3.8) is 0 Å². The van der Waals surface area contributed by atoms with E-state index in [-0.39, 0.29) is 11.7 Å². The van der Waals surface area contributed by atoms with E-state index in [9.17, 15) is 8.42 Å². The molecule has 0 N–H and O–H groups in total. The van der Waals surface area contributed by atoms with Crippen LogP contribution in [-0.2, 0) is 9.84 Å². The number of nitrogens with zero attached hydrogens (tertiary/aromatic N) is 1. The van der Waals surface area contributed by atoms with Crippen molar-refractivity contribution in [1.29, 1.82) is 0 Å². The van der Waals surface area contributed by atoms with Crippen LogP contribution in [0.4, 0.5) is 0 Å². The van der Waals surface area contributed by atoms with Crippen LogP contribution in [-0.4, -0.2) is 19.2 Å². The minimum absolute atomic E-state index is 0.0357. The van der Waals surface area contributed by atoms with Crippen molar-refractivity contribution in [2.75, 3.05) is 5.75 Å². The quantitative estimate of drug-likeness (QED) is 0.841. The Morgan fingerprint density at radius 1 is 1.10 bits per heavy atom. The molecule has 0 aliphatic rings. The topological polar surface area (TPSA) is 47.0 Å². The maximum Gasteiger partial charge on any atom is 0.179 e. The Morgan fingerprint density at radius 3 is 2.24 bits per heavy atom. The van der Waals surface area contributed by atoms with Gasteiger partial charge in [0.2, 0.25) is 0 Å². The third kappa shape index (κ3) is 3.44. The molecule has 5 heteroatoms. The minimum Gasteiger partial charge on any atom is -0.251 e. The number of hydrogen-bond donors (Lipinski definition) is 0. The van der Waals surface area contributed by atoms with E-state index in [2.05, 4.69) is 4.98 Å². The zero-order valence-corrected chi connectivity index (χ0v) is 13.9. The summed E-state index contributed by atoms with van der Waals surface area (Å²) in [6, 6.07) is 10.8. The first-order valence-corrected chi connectivity index (χ1v) is 8.88. The first-order valence-electron chi connectivity index (χ1n) is 6.84. The van der Waals surface area contributed by atoms with Crippen LogP contribution in [0.5, 0.6) is 0 Å². The molecule has 0 saturated carbocycles. The second kappa shape index (κ2) is 6.16. The lowest BCUT2D eigenvalue weighted by molar-refractivity contribution is 0.593. The second-order valence-corrected chi connectivity index (χ2v) is 7.83. The number of sulfone groups is 1. The van der Waals surface area contributed by atoms with E-state index in [1.807, 2.05) is 26.0 Å². The van der Waals surface area contributed by atoms with Crippen LogP contribution >= 0.6 is 11.6 Å². The fourth-order valence-electron chi connectivity index (χ4n) is 2.08. The van der Waals surface area contributed by atoms with Crippen LogP contribution < -0.4 is 0 Å². The monoisotopic (exact) mass is 323 g/mol. The molecule has 0 radical (unpaired) electrons. The predicted octanol–water partition coefficient (Wildman–Crippen LogP) is 4.32. The fourth-order valence-corrected chi connectivity index (χ4v) is 3.39. The Morgan fingerprint density at radius 2 is 1.71 bits per heavy atom. The van der Waals surface area contributed by atoms with E-state index in [0.717, 1.165) is 11.3 Å². The van der Waals surface area contributed by atoms with Crippen LogP contribution in [0.25, 0.3) is 11.3 Å². The summed E-state index contributed by atoms with van der Waals surface area (Å²) in [6.07, 6.45) is 0. The zero-order chi connectivity index (χ0) is 15.6. The van der Waals surface area contributed by atoms with Crippen molar-refractivity contribution in [1.82, 2.24) is 4.98 Å². The summed E-state index contributed by atoms with van der Waals surface area (Å²) >= 11 is 5.88. The molecule has 1 heterocycles. The van der Waals surface area contributed by atoms with Crippen molar-refractivity contribution >= 4 is 21.4 Å². The van der Waals surface area contributed by atoms with Crippen LogP contribution in [0.2, 0.25) is 5.02 Å². The molecule has 0 amide bonds. The van der Waals surface area contributed by atoms with Gasteiger partial charge in [-0.3, -0.25) is 4.98 Å². The van der Waals surface area contributed by atoms with Crippen molar-refractivity contribution in [3.05, 3.63) is 47.1 Å². The number of aromatic nitrogens is 1. The van der Waals surface area contributed by atoms with E-state index in [1.54, 1.807) is 31.2 Å². The van der Waals surface area contributed by atoms with Gasteiger partial charge >= 0.3 is 0 Å². The van der Waals surface area contributed by atoms with Crippen LogP contribution in [0.15, 0.2) is 41.3 Å². The van der Waals surface area contributed by atoms with Gasteiger partial charge < -0.3 is 0 Å². The minimum atomic E-state index is -3.26. The molecule has 112 valence electrons. The van der Waals surface area contributed by atoms with Crippen LogP contribution in [0.3, 0.4) is 0 Å². The highest BCUT2D eigenvalue weighted by Crippen LogP contribution is 2.27. The molecule has 0 aliphatic carbocycles. The highest BCUT2D eigenvalue weighted by atomic mass is 35.5. The molecule has 0 saturated heterocycles. The number of pyridine rings is 1. The van der Waals surface area contributed by atoms with Gasteiger partial charge in [0.1, 0.15) is 0 Å². The van der Waals surface area contributed by atoms with Crippen LogP contribution in [0, 0.1) is 0 Å². The smallest absolute Gasteiger partial charge is 0.179 e. The van der Waals surface area contributed by atoms with Gasteiger partial charge in [-0.05, 0) is 30.2 Å². The molecule has 0 unspecified atom stereocenters. The molecular weight excluding hydrogens is 306 g/mol. The lowest BCUT2D eigenvalue weighted by Crippen LogP contribution is -2.10. The average molecular weight is 324 g/mol. The van der Waals surface area contributed by atoms with Gasteiger partial charge in [-0.1, -0.05) is 44.5 Å². The average Bonchev–Trinajstić information content (AvgIpc) is 2.47. The van der Waals surface area contributed by atoms with Gasteiger partial charge in [-0.2, -0.15) is 0 Å². The molecule has 3 nitrogen and oxygen atoms in total. The maximum atomic E-state index is 12.2. The summed E-state index contributed by atoms with van der Waals surface area (Å²) < 4.78 is 24.3. The second-order valence-electron chi connectivity index (χ2n) is 5.14. The Balaban J connectivity index is 2.58. The molecule has 0 atom stereocenters. The van der Waals surface area contributed by atoms with Gasteiger partial charge in [0.15, 0.2) is 9.84 Å². The van der Waals surface area contributed by atoms with Gasteiger partial charge in [0.25, 0.3) is 0 Å². The first kappa shape index (κ1) is 16.0. The van der Waals surface area contributed by atoms with Crippen molar-refractivity contribution in [2.24, 2.45) is 0 Å². The lowest BCUT2D eigenvalue weighted by Gasteiger charge is -2.13. The highest BCUT2D eigenvalue weighted by Gasteiger charge is 2.20. The largest absolute Gasteiger partial charge is 0.251 e. The molecule has 1 aromatic carbocycles. The number of hydrogen-bond acceptors (Lipinski definition) is 3. The summed E-state index contributed by atoms with van der Waals surface area (Å²) in [5.74, 6) is 0.114. The van der Waals surface area contributed by atoms with Gasteiger partial charge in [0, 0.05) is 10.6 Å². The third-order valence-corrected chi connectivity index (χ3v) is 5.32. The maximum absolute atomic E-state index is 12.2. The molecule has 21 heavy (non-hydrogen) atoms. The molecule has 0 fully saturated rings. The molecule has 0 spiro atoms. The molecular formula is C16H18ClNO2S. The van der Waals surface area contributed by atoms with Gasteiger partial charge in [0.05, 0.1) is 22.0 Å². The van der Waals surface area contributed by atoms with Crippen molar-refractivity contribution < 1.29 is 8.42 Å². The number of rotatable bonds is 4. The Bertz CT molecular complexity index is 737. The Kier molecular flexibility index (Phi) is 4.69. The Hall–Kier alpha value is -1.39. The summed E-state index contributed by atoms with van der Waals surface area (Å²) in [5, 5.41) is 0.660. The van der Waals surface area contributed by atoms with E-state index < -0.39 is 9.84 Å². The van der Waals surface area contributed by atoms with Gasteiger partial charge in [-0.25, -0.2) is 8.42 Å². The molecule has 2 rings (SSSR count). The Labute approximate surface area is 130 Å². The SMILES string of the molecule is CCS(=O)(=O)c1ccc(-c2ccc(Cl)cc2)nc1C(C)C. The van der Waals surface area contributed by atoms with E-state index in [4.69, 9.17) is 11.6 Å². The number of benzene rings is 1. The summed E-state index contributed by atoms with van der Waals surface area (Å²) in [6.45, 7) is 5.54. The normalized spacial score (nSPS) is 11.9. The van der Waals surface area contributed by atoms with E-state index in [1.165, 1.54) is 0 Å². The molecule has 2 aromatic rings. The number of halogens is 1. The van der Waals surface area contributed by atoms with Crippen molar-refractivity contribution in [2.45, 2.75) is 31.6 Å². The van der Waals surface area contributed by atoms with E-state index in [0.29, 0.717) is 15.6 Å². The predicted molar refractivity (Wildman–Crippen MR) is 86.5 cm³/mol. The molecule has 0 aliphatic heterocycles. The van der Waals surface area contributed by atoms with Crippen LogP contribution in [0.1, 0.15) is 32.4 Å².